The van der Waals surface area contributed by atoms with Crippen LogP contribution in [-0.2, 0) is 16.1 Å². The molecule has 0 aliphatic carbocycles. The minimum absolute atomic E-state index is 0.0449. The summed E-state index contributed by atoms with van der Waals surface area (Å²) in [5.74, 6) is -1.64. The number of aromatic hydroxyl groups is 1. The Balaban J connectivity index is 1.93. The molecule has 1 aromatic heterocycles. The molecule has 1 aromatic carbocycles. The molecule has 10 heteroatoms. The Hall–Kier alpha value is -3.26. The lowest BCUT2D eigenvalue weighted by atomic mass is 10.0. The molecule has 1 aliphatic heterocycles. The van der Waals surface area contributed by atoms with Crippen LogP contribution >= 0.6 is 24.0 Å². The van der Waals surface area contributed by atoms with Gasteiger partial charge in [0.05, 0.1) is 30.2 Å². The van der Waals surface area contributed by atoms with E-state index in [2.05, 4.69) is 0 Å². The number of carbonyl (C=O) groups is 2. The van der Waals surface area contributed by atoms with Gasteiger partial charge in [0.1, 0.15) is 16.0 Å². The Morgan fingerprint density at radius 3 is 2.55 bits per heavy atom. The normalized spacial score (nSPS) is 14.7. The molecule has 0 saturated carbocycles. The number of carbonyl (C=O) groups excluding carboxylic acids is 2. The first-order chi connectivity index (χ1) is 15.7. The summed E-state index contributed by atoms with van der Waals surface area (Å²) in [5, 5.41) is 20.1. The molecule has 1 fully saturated rings. The number of benzene rings is 1. The first kappa shape index (κ1) is 24.4. The standard InChI is InChI=1S/C23H21N3O5S2/c1-13-4-6-15(7-5-13)10-18-21(29)26(23(32)33-18)12-17(27)19-14(2)16(11-24)20(28)25(22(19)30)8-9-31-3/h4-7,10,30H,8-9,12H2,1-3H3/b18-10-. The van der Waals surface area contributed by atoms with Crippen LogP contribution in [0.2, 0.25) is 0 Å². The molecule has 8 nitrogen and oxygen atoms in total. The number of ketones is 1. The lowest BCUT2D eigenvalue weighted by molar-refractivity contribution is -0.121. The summed E-state index contributed by atoms with van der Waals surface area (Å²) in [4.78, 5) is 40.1. The highest BCUT2D eigenvalue weighted by molar-refractivity contribution is 8.26. The van der Waals surface area contributed by atoms with E-state index in [1.165, 1.54) is 14.0 Å². The lowest BCUT2D eigenvalue weighted by Crippen LogP contribution is -2.35. The fourth-order valence-corrected chi connectivity index (χ4v) is 4.60. The smallest absolute Gasteiger partial charge is 0.271 e. The van der Waals surface area contributed by atoms with Gasteiger partial charge in [-0.2, -0.15) is 5.26 Å². The Kier molecular flexibility index (Phi) is 7.48. The third kappa shape index (κ3) is 4.90. The Morgan fingerprint density at radius 2 is 1.94 bits per heavy atom. The molecule has 1 aliphatic rings. The van der Waals surface area contributed by atoms with E-state index in [-0.39, 0.29) is 34.2 Å². The average Bonchev–Trinajstić information content (AvgIpc) is 3.03. The monoisotopic (exact) mass is 483 g/mol. The SMILES string of the molecule is COCCn1c(O)c(C(=O)CN2C(=O)/C(=C/c3ccc(C)cc3)SC2=S)c(C)c(C#N)c1=O. The van der Waals surface area contributed by atoms with E-state index in [9.17, 15) is 24.8 Å². The summed E-state index contributed by atoms with van der Waals surface area (Å²) in [6.45, 7) is 2.99. The van der Waals surface area contributed by atoms with E-state index >= 15 is 0 Å². The number of aromatic nitrogens is 1. The van der Waals surface area contributed by atoms with Crippen LogP contribution in [0.5, 0.6) is 5.88 Å². The summed E-state index contributed by atoms with van der Waals surface area (Å²) in [7, 11) is 1.42. The van der Waals surface area contributed by atoms with Crippen LogP contribution in [0.1, 0.15) is 32.6 Å². The molecule has 0 bridgehead atoms. The van der Waals surface area contributed by atoms with E-state index in [4.69, 9.17) is 17.0 Å². The number of aryl methyl sites for hydroxylation is 1. The van der Waals surface area contributed by atoms with Gasteiger partial charge < -0.3 is 9.84 Å². The number of amides is 1. The minimum atomic E-state index is -0.715. The highest BCUT2D eigenvalue weighted by Crippen LogP contribution is 2.33. The molecular formula is C23H21N3O5S2. The number of ether oxygens (including phenoxy) is 1. The van der Waals surface area contributed by atoms with Gasteiger partial charge in [0.25, 0.3) is 11.5 Å². The van der Waals surface area contributed by atoms with Crippen molar-refractivity contribution in [3.63, 3.8) is 0 Å². The maximum atomic E-state index is 13.1. The predicted octanol–water partition coefficient (Wildman–Crippen LogP) is 2.77. The maximum Gasteiger partial charge on any atom is 0.271 e. The molecule has 33 heavy (non-hydrogen) atoms. The molecule has 0 atom stereocenters. The van der Waals surface area contributed by atoms with Crippen molar-refractivity contribution in [3.8, 4) is 11.9 Å². The summed E-state index contributed by atoms with van der Waals surface area (Å²) < 4.78 is 6.07. The zero-order valence-electron chi connectivity index (χ0n) is 18.2. The van der Waals surface area contributed by atoms with Crippen molar-refractivity contribution in [2.24, 2.45) is 0 Å². The van der Waals surface area contributed by atoms with Crippen molar-refractivity contribution in [2.45, 2.75) is 20.4 Å². The van der Waals surface area contributed by atoms with Gasteiger partial charge in [-0.15, -0.1) is 0 Å². The summed E-state index contributed by atoms with van der Waals surface area (Å²) in [5.41, 5.74) is 0.802. The minimum Gasteiger partial charge on any atom is -0.494 e. The summed E-state index contributed by atoms with van der Waals surface area (Å²) in [6, 6.07) is 9.39. The molecule has 170 valence electrons. The van der Waals surface area contributed by atoms with Gasteiger partial charge in [-0.3, -0.25) is 23.9 Å². The Morgan fingerprint density at radius 1 is 1.27 bits per heavy atom. The zero-order chi connectivity index (χ0) is 24.3. The molecule has 0 unspecified atom stereocenters. The van der Waals surface area contributed by atoms with Gasteiger partial charge in [0.2, 0.25) is 5.88 Å². The molecule has 1 amide bonds. The van der Waals surface area contributed by atoms with E-state index in [0.29, 0.717) is 4.91 Å². The van der Waals surface area contributed by atoms with E-state index in [1.807, 2.05) is 31.2 Å². The van der Waals surface area contributed by atoms with Crippen LogP contribution < -0.4 is 5.56 Å². The number of methoxy groups -OCH3 is 1. The van der Waals surface area contributed by atoms with Gasteiger partial charge >= 0.3 is 0 Å². The topological polar surface area (TPSA) is 113 Å². The van der Waals surface area contributed by atoms with Gasteiger partial charge in [-0.25, -0.2) is 0 Å². The average molecular weight is 484 g/mol. The van der Waals surface area contributed by atoms with Crippen LogP contribution in [0.15, 0.2) is 34.0 Å². The molecular weight excluding hydrogens is 462 g/mol. The van der Waals surface area contributed by atoms with Crippen LogP contribution in [0, 0.1) is 25.2 Å². The van der Waals surface area contributed by atoms with Gasteiger partial charge in [-0.1, -0.05) is 53.8 Å². The van der Waals surface area contributed by atoms with Crippen LogP contribution in [0.4, 0.5) is 0 Å². The summed E-state index contributed by atoms with van der Waals surface area (Å²) >= 11 is 6.39. The van der Waals surface area contributed by atoms with E-state index < -0.39 is 29.7 Å². The third-order valence-electron chi connectivity index (χ3n) is 5.15. The summed E-state index contributed by atoms with van der Waals surface area (Å²) in [6.07, 6.45) is 1.70. The first-order valence-electron chi connectivity index (χ1n) is 9.90. The number of nitriles is 1. The molecule has 0 spiro atoms. The highest BCUT2D eigenvalue weighted by Gasteiger charge is 2.35. The molecule has 2 aromatic rings. The van der Waals surface area contributed by atoms with Crippen molar-refractivity contribution in [3.05, 3.63) is 67.3 Å². The number of thioether (sulfide) groups is 1. The van der Waals surface area contributed by atoms with Crippen molar-refractivity contribution in [1.29, 1.82) is 5.26 Å². The third-order valence-corrected chi connectivity index (χ3v) is 6.53. The number of pyridine rings is 1. The number of hydrogen-bond donors (Lipinski definition) is 1. The molecule has 3 rings (SSSR count). The van der Waals surface area contributed by atoms with Crippen molar-refractivity contribution < 1.29 is 19.4 Å². The fraction of sp³-hybridized carbons (Fsp3) is 0.261. The fourth-order valence-electron chi connectivity index (χ4n) is 3.35. The van der Waals surface area contributed by atoms with Crippen LogP contribution in [0.25, 0.3) is 6.08 Å². The molecule has 2 heterocycles. The largest absolute Gasteiger partial charge is 0.494 e. The highest BCUT2D eigenvalue weighted by atomic mass is 32.2. The molecule has 1 saturated heterocycles. The van der Waals surface area contributed by atoms with Gasteiger partial charge in [-0.05, 0) is 31.1 Å². The van der Waals surface area contributed by atoms with Gasteiger partial charge in [0, 0.05) is 7.11 Å². The number of Topliss-reactive ketones (excluding diaryl/α,β-unsaturated/α-hetero) is 1. The molecule has 0 radical (unpaired) electrons. The first-order valence-corrected chi connectivity index (χ1v) is 11.1. The zero-order valence-corrected chi connectivity index (χ0v) is 19.9. The van der Waals surface area contributed by atoms with Crippen molar-refractivity contribution in [1.82, 2.24) is 9.47 Å². The maximum absolute atomic E-state index is 13.1. The molecule has 1 N–H and O–H groups in total. The number of rotatable bonds is 7. The number of hydrogen-bond acceptors (Lipinski definition) is 8. The van der Waals surface area contributed by atoms with Gasteiger partial charge in [0.15, 0.2) is 5.78 Å². The Bertz CT molecular complexity index is 1270. The predicted molar refractivity (Wildman–Crippen MR) is 129 cm³/mol. The van der Waals surface area contributed by atoms with E-state index in [1.54, 1.807) is 12.1 Å². The number of thiocarbonyl (C=S) groups is 1. The lowest BCUT2D eigenvalue weighted by Gasteiger charge is -2.18. The van der Waals surface area contributed by atoms with Crippen molar-refractivity contribution in [2.75, 3.05) is 20.3 Å². The Labute approximate surface area is 200 Å². The second-order valence-corrected chi connectivity index (χ2v) is 9.04. The second kappa shape index (κ2) is 10.1. The van der Waals surface area contributed by atoms with E-state index in [0.717, 1.165) is 32.4 Å². The number of nitrogens with zero attached hydrogens (tertiary/aromatic N) is 3. The van der Waals surface area contributed by atoms with Crippen LogP contribution in [0.3, 0.4) is 0 Å². The quantitative estimate of drug-likeness (QED) is 0.363. The van der Waals surface area contributed by atoms with Crippen LogP contribution in [-0.4, -0.2) is 50.8 Å². The van der Waals surface area contributed by atoms with Crippen molar-refractivity contribution >= 4 is 46.1 Å². The second-order valence-electron chi connectivity index (χ2n) is 7.36.